The fourth-order valence-electron chi connectivity index (χ4n) is 3.34. The summed E-state index contributed by atoms with van der Waals surface area (Å²) < 4.78 is 11.1. The lowest BCUT2D eigenvalue weighted by atomic mass is 10.2. The zero-order chi connectivity index (χ0) is 19.8. The number of nitrogens with one attached hydrogen (secondary N) is 1. The van der Waals surface area contributed by atoms with E-state index in [2.05, 4.69) is 21.2 Å². The SMILES string of the molecule is COc1ccccc1N1CCN(CCNC(=O)C(C)Oc2ccccc2)CC1. The van der Waals surface area contributed by atoms with Gasteiger partial charge in [0.25, 0.3) is 5.91 Å². The molecule has 2 aromatic rings. The fraction of sp³-hybridized carbons (Fsp3) is 0.409. The number of rotatable bonds is 8. The van der Waals surface area contributed by atoms with Crippen LogP contribution in [0.15, 0.2) is 54.6 Å². The molecular weight excluding hydrogens is 354 g/mol. The predicted molar refractivity (Wildman–Crippen MR) is 111 cm³/mol. The van der Waals surface area contributed by atoms with Crippen LogP contribution in [0.3, 0.4) is 0 Å². The van der Waals surface area contributed by atoms with Gasteiger partial charge in [0.2, 0.25) is 0 Å². The maximum atomic E-state index is 12.2. The molecule has 0 aliphatic carbocycles. The van der Waals surface area contributed by atoms with E-state index < -0.39 is 6.10 Å². The Labute approximate surface area is 167 Å². The Morgan fingerprint density at radius 3 is 2.43 bits per heavy atom. The molecule has 6 nitrogen and oxygen atoms in total. The van der Waals surface area contributed by atoms with E-state index in [9.17, 15) is 4.79 Å². The first-order valence-electron chi connectivity index (χ1n) is 9.77. The van der Waals surface area contributed by atoms with E-state index in [0.717, 1.165) is 44.2 Å². The van der Waals surface area contributed by atoms with E-state index >= 15 is 0 Å². The number of hydrogen-bond donors (Lipinski definition) is 1. The van der Waals surface area contributed by atoms with Gasteiger partial charge in [-0.1, -0.05) is 30.3 Å². The highest BCUT2D eigenvalue weighted by molar-refractivity contribution is 5.80. The number of methoxy groups -OCH3 is 1. The number of para-hydroxylation sites is 3. The lowest BCUT2D eigenvalue weighted by Crippen LogP contribution is -2.49. The quantitative estimate of drug-likeness (QED) is 0.759. The van der Waals surface area contributed by atoms with E-state index in [1.165, 1.54) is 0 Å². The Kier molecular flexibility index (Phi) is 7.14. The van der Waals surface area contributed by atoms with Crippen LogP contribution < -0.4 is 19.7 Å². The van der Waals surface area contributed by atoms with Crippen molar-refractivity contribution in [2.75, 3.05) is 51.3 Å². The highest BCUT2D eigenvalue weighted by atomic mass is 16.5. The van der Waals surface area contributed by atoms with Gasteiger partial charge in [-0.25, -0.2) is 0 Å². The third-order valence-electron chi connectivity index (χ3n) is 4.95. The van der Waals surface area contributed by atoms with Gasteiger partial charge in [-0.2, -0.15) is 0 Å². The van der Waals surface area contributed by atoms with Crippen molar-refractivity contribution >= 4 is 11.6 Å². The van der Waals surface area contributed by atoms with E-state index in [-0.39, 0.29) is 5.91 Å². The Morgan fingerprint density at radius 2 is 1.71 bits per heavy atom. The Hall–Kier alpha value is -2.73. The van der Waals surface area contributed by atoms with Gasteiger partial charge < -0.3 is 19.7 Å². The van der Waals surface area contributed by atoms with E-state index in [1.807, 2.05) is 48.5 Å². The number of anilines is 1. The second kappa shape index (κ2) is 9.99. The summed E-state index contributed by atoms with van der Waals surface area (Å²) in [5, 5.41) is 2.97. The number of piperazine rings is 1. The fourth-order valence-corrected chi connectivity index (χ4v) is 3.34. The minimum atomic E-state index is -0.509. The van der Waals surface area contributed by atoms with Gasteiger partial charge >= 0.3 is 0 Å². The first kappa shape index (κ1) is 20.0. The Balaban J connectivity index is 1.38. The molecular formula is C22H29N3O3. The summed E-state index contributed by atoms with van der Waals surface area (Å²) >= 11 is 0. The number of hydrogen-bond acceptors (Lipinski definition) is 5. The van der Waals surface area contributed by atoms with E-state index in [4.69, 9.17) is 9.47 Å². The summed E-state index contributed by atoms with van der Waals surface area (Å²) in [4.78, 5) is 16.9. The van der Waals surface area contributed by atoms with Crippen LogP contribution in [0.2, 0.25) is 0 Å². The van der Waals surface area contributed by atoms with Crippen LogP contribution in [0.1, 0.15) is 6.92 Å². The van der Waals surface area contributed by atoms with Crippen molar-refractivity contribution in [3.63, 3.8) is 0 Å². The normalized spacial score (nSPS) is 15.7. The maximum Gasteiger partial charge on any atom is 0.260 e. The molecule has 0 radical (unpaired) electrons. The Morgan fingerprint density at radius 1 is 1.04 bits per heavy atom. The molecule has 1 N–H and O–H groups in total. The molecule has 1 saturated heterocycles. The van der Waals surface area contributed by atoms with Crippen molar-refractivity contribution in [1.29, 1.82) is 0 Å². The summed E-state index contributed by atoms with van der Waals surface area (Å²) in [6.07, 6.45) is -0.509. The lowest BCUT2D eigenvalue weighted by molar-refractivity contribution is -0.127. The molecule has 1 aliphatic heterocycles. The molecule has 1 unspecified atom stereocenters. The average molecular weight is 383 g/mol. The molecule has 0 spiro atoms. The van der Waals surface area contributed by atoms with Crippen LogP contribution in [0.4, 0.5) is 5.69 Å². The van der Waals surface area contributed by atoms with Crippen molar-refractivity contribution in [1.82, 2.24) is 10.2 Å². The van der Waals surface area contributed by atoms with Gasteiger partial charge in [0, 0.05) is 39.3 Å². The van der Waals surface area contributed by atoms with Gasteiger partial charge in [0.05, 0.1) is 12.8 Å². The number of nitrogens with zero attached hydrogens (tertiary/aromatic N) is 2. The molecule has 3 rings (SSSR count). The molecule has 28 heavy (non-hydrogen) atoms. The standard InChI is InChI=1S/C22H29N3O3/c1-18(28-19-8-4-3-5-9-19)22(26)23-12-13-24-14-16-25(17-15-24)20-10-6-7-11-21(20)27-2/h3-11,18H,12-17H2,1-2H3,(H,23,26). The van der Waals surface area contributed by atoms with Gasteiger partial charge in [-0.05, 0) is 31.2 Å². The van der Waals surface area contributed by atoms with E-state index in [1.54, 1.807) is 14.0 Å². The second-order valence-electron chi connectivity index (χ2n) is 6.86. The van der Waals surface area contributed by atoms with Gasteiger partial charge in [0.1, 0.15) is 11.5 Å². The summed E-state index contributed by atoms with van der Waals surface area (Å²) in [7, 11) is 1.71. The number of ether oxygens (including phenoxy) is 2. The highest BCUT2D eigenvalue weighted by Gasteiger charge is 2.20. The molecule has 1 fully saturated rings. The molecule has 2 aromatic carbocycles. The summed E-state index contributed by atoms with van der Waals surface area (Å²) in [5.41, 5.74) is 1.14. The second-order valence-corrected chi connectivity index (χ2v) is 6.86. The number of carbonyl (C=O) groups excluding carboxylic acids is 1. The van der Waals surface area contributed by atoms with Gasteiger partial charge in [-0.15, -0.1) is 0 Å². The molecule has 0 saturated carbocycles. The van der Waals surface area contributed by atoms with Gasteiger partial charge in [0.15, 0.2) is 6.10 Å². The van der Waals surface area contributed by atoms with Crippen molar-refractivity contribution in [3.8, 4) is 11.5 Å². The van der Waals surface area contributed by atoms with Crippen molar-refractivity contribution in [2.24, 2.45) is 0 Å². The topological polar surface area (TPSA) is 54.0 Å². The first-order valence-corrected chi connectivity index (χ1v) is 9.77. The van der Waals surface area contributed by atoms with Crippen LogP contribution in [-0.4, -0.2) is 63.3 Å². The third kappa shape index (κ3) is 5.39. The molecule has 0 aromatic heterocycles. The smallest absolute Gasteiger partial charge is 0.260 e. The van der Waals surface area contributed by atoms with Crippen LogP contribution in [0.5, 0.6) is 11.5 Å². The van der Waals surface area contributed by atoms with Crippen LogP contribution >= 0.6 is 0 Å². The molecule has 1 atom stereocenters. The molecule has 6 heteroatoms. The van der Waals surface area contributed by atoms with Gasteiger partial charge in [-0.3, -0.25) is 9.69 Å². The summed E-state index contributed by atoms with van der Waals surface area (Å²) in [6.45, 7) is 7.05. The monoisotopic (exact) mass is 383 g/mol. The minimum absolute atomic E-state index is 0.0866. The first-order chi connectivity index (χ1) is 13.7. The molecule has 1 amide bonds. The zero-order valence-electron chi connectivity index (χ0n) is 16.6. The molecule has 150 valence electrons. The van der Waals surface area contributed by atoms with Crippen molar-refractivity contribution in [2.45, 2.75) is 13.0 Å². The summed E-state index contributed by atoms with van der Waals surface area (Å²) in [5.74, 6) is 1.53. The van der Waals surface area contributed by atoms with Crippen molar-refractivity contribution < 1.29 is 14.3 Å². The van der Waals surface area contributed by atoms with E-state index in [0.29, 0.717) is 12.3 Å². The van der Waals surface area contributed by atoms with Crippen LogP contribution in [0.25, 0.3) is 0 Å². The molecule has 1 aliphatic rings. The Bertz CT molecular complexity index is 746. The number of benzene rings is 2. The maximum absolute atomic E-state index is 12.2. The predicted octanol–water partition coefficient (Wildman–Crippen LogP) is 2.40. The van der Waals surface area contributed by atoms with Crippen LogP contribution in [0, 0.1) is 0 Å². The third-order valence-corrected chi connectivity index (χ3v) is 4.95. The number of carbonyl (C=O) groups is 1. The average Bonchev–Trinajstić information content (AvgIpc) is 2.75. The summed E-state index contributed by atoms with van der Waals surface area (Å²) in [6, 6.07) is 17.5. The molecule has 0 bridgehead atoms. The number of amides is 1. The van der Waals surface area contributed by atoms with Crippen LogP contribution in [-0.2, 0) is 4.79 Å². The molecule has 1 heterocycles. The minimum Gasteiger partial charge on any atom is -0.495 e. The largest absolute Gasteiger partial charge is 0.495 e. The zero-order valence-corrected chi connectivity index (χ0v) is 16.6. The lowest BCUT2D eigenvalue weighted by Gasteiger charge is -2.36. The van der Waals surface area contributed by atoms with Crippen molar-refractivity contribution in [3.05, 3.63) is 54.6 Å². The highest BCUT2D eigenvalue weighted by Crippen LogP contribution is 2.28.